The highest BCUT2D eigenvalue weighted by Crippen LogP contribution is 2.25. The van der Waals surface area contributed by atoms with Gasteiger partial charge < -0.3 is 9.73 Å². The molecule has 0 saturated carbocycles. The molecule has 0 saturated heterocycles. The molecule has 21 heavy (non-hydrogen) atoms. The van der Waals surface area contributed by atoms with E-state index < -0.39 is 0 Å². The van der Waals surface area contributed by atoms with Crippen molar-refractivity contribution in [2.24, 2.45) is 5.92 Å². The highest BCUT2D eigenvalue weighted by Gasteiger charge is 2.15. The van der Waals surface area contributed by atoms with Gasteiger partial charge in [-0.2, -0.15) is 0 Å². The van der Waals surface area contributed by atoms with E-state index >= 15 is 0 Å². The van der Waals surface area contributed by atoms with Gasteiger partial charge >= 0.3 is 0 Å². The molecular weight excluding hydrogens is 266 g/mol. The van der Waals surface area contributed by atoms with Gasteiger partial charge in [0.1, 0.15) is 0 Å². The molecule has 108 valence electrons. The minimum Gasteiger partial charge on any atom is -0.423 e. The van der Waals surface area contributed by atoms with Gasteiger partial charge in [0.15, 0.2) is 0 Å². The van der Waals surface area contributed by atoms with E-state index in [0.29, 0.717) is 18.2 Å². The van der Waals surface area contributed by atoms with Crippen molar-refractivity contribution in [3.05, 3.63) is 42.3 Å². The number of hydrogen-bond donors (Lipinski definition) is 1. The Hall–Kier alpha value is -2.43. The zero-order valence-electron chi connectivity index (χ0n) is 11.9. The number of allylic oxidation sites excluding steroid dienone is 2. The van der Waals surface area contributed by atoms with Crippen LogP contribution in [0.25, 0.3) is 11.5 Å². The van der Waals surface area contributed by atoms with E-state index in [1.54, 1.807) is 0 Å². The number of aromatic nitrogens is 2. The average Bonchev–Trinajstić information content (AvgIpc) is 3.14. The number of carbonyl (C=O) groups is 1. The van der Waals surface area contributed by atoms with Crippen molar-refractivity contribution in [2.75, 3.05) is 5.32 Å². The second kappa shape index (κ2) is 5.91. The lowest BCUT2D eigenvalue weighted by atomic mass is 10.0. The number of aryl methyl sites for hydroxylation is 1. The summed E-state index contributed by atoms with van der Waals surface area (Å²) in [4.78, 5) is 12.1. The molecule has 0 fully saturated rings. The third-order valence-corrected chi connectivity index (χ3v) is 3.68. The summed E-state index contributed by atoms with van der Waals surface area (Å²) in [6, 6.07) is 5.70. The SMILES string of the molecule is Cc1ccc(-c2nnco2)cc1NC(=O)C[C@@H]1C=CCC1. The molecule has 0 unspecified atom stereocenters. The largest absolute Gasteiger partial charge is 0.423 e. The first-order valence-electron chi connectivity index (χ1n) is 7.06. The average molecular weight is 283 g/mol. The Labute approximate surface area is 123 Å². The first-order valence-corrected chi connectivity index (χ1v) is 7.06. The summed E-state index contributed by atoms with van der Waals surface area (Å²) in [7, 11) is 0. The second-order valence-corrected chi connectivity index (χ2v) is 5.29. The van der Waals surface area contributed by atoms with Crippen molar-refractivity contribution in [2.45, 2.75) is 26.2 Å². The Morgan fingerprint density at radius 2 is 2.38 bits per heavy atom. The molecule has 1 heterocycles. The quantitative estimate of drug-likeness (QED) is 0.874. The van der Waals surface area contributed by atoms with Gasteiger partial charge in [0, 0.05) is 17.7 Å². The number of nitrogens with zero attached hydrogens (tertiary/aromatic N) is 2. The number of nitrogens with one attached hydrogen (secondary N) is 1. The molecule has 2 aromatic rings. The predicted molar refractivity (Wildman–Crippen MR) is 79.6 cm³/mol. The molecule has 0 radical (unpaired) electrons. The minimum atomic E-state index is 0.0392. The molecule has 1 aliphatic carbocycles. The molecule has 0 aliphatic heterocycles. The van der Waals surface area contributed by atoms with Gasteiger partial charge in [0.25, 0.3) is 0 Å². The molecule has 1 aromatic carbocycles. The molecule has 0 spiro atoms. The van der Waals surface area contributed by atoms with Crippen LogP contribution in [-0.4, -0.2) is 16.1 Å². The molecule has 1 amide bonds. The summed E-state index contributed by atoms with van der Waals surface area (Å²) in [6.07, 6.45) is 8.22. The van der Waals surface area contributed by atoms with Crippen molar-refractivity contribution in [3.63, 3.8) is 0 Å². The van der Waals surface area contributed by atoms with Crippen molar-refractivity contribution >= 4 is 11.6 Å². The van der Waals surface area contributed by atoms with E-state index in [9.17, 15) is 4.79 Å². The molecule has 1 N–H and O–H groups in total. The minimum absolute atomic E-state index is 0.0392. The summed E-state index contributed by atoms with van der Waals surface area (Å²) in [6.45, 7) is 1.96. The molecule has 3 rings (SSSR count). The molecule has 0 bridgehead atoms. The van der Waals surface area contributed by atoms with Gasteiger partial charge in [-0.1, -0.05) is 18.2 Å². The van der Waals surface area contributed by atoms with Gasteiger partial charge in [0.2, 0.25) is 18.2 Å². The maximum atomic E-state index is 12.1. The fourth-order valence-corrected chi connectivity index (χ4v) is 2.49. The topological polar surface area (TPSA) is 68.0 Å². The summed E-state index contributed by atoms with van der Waals surface area (Å²) in [5.74, 6) is 0.853. The van der Waals surface area contributed by atoms with Crippen LogP contribution in [0.3, 0.4) is 0 Å². The van der Waals surface area contributed by atoms with Crippen molar-refractivity contribution < 1.29 is 9.21 Å². The summed E-state index contributed by atoms with van der Waals surface area (Å²) < 4.78 is 5.18. The third-order valence-electron chi connectivity index (χ3n) is 3.68. The van der Waals surface area contributed by atoms with E-state index in [0.717, 1.165) is 29.7 Å². The fourth-order valence-electron chi connectivity index (χ4n) is 2.49. The van der Waals surface area contributed by atoms with E-state index in [2.05, 4.69) is 27.7 Å². The lowest BCUT2D eigenvalue weighted by Crippen LogP contribution is -2.15. The number of benzene rings is 1. The third kappa shape index (κ3) is 3.18. The molecule has 1 aliphatic rings. The summed E-state index contributed by atoms with van der Waals surface area (Å²) in [5, 5.41) is 10.5. The monoisotopic (exact) mass is 283 g/mol. The number of hydrogen-bond acceptors (Lipinski definition) is 4. The zero-order valence-corrected chi connectivity index (χ0v) is 11.9. The van der Waals surface area contributed by atoms with Crippen LogP contribution in [0.1, 0.15) is 24.8 Å². The van der Waals surface area contributed by atoms with E-state index in [-0.39, 0.29) is 5.91 Å². The Morgan fingerprint density at radius 1 is 1.48 bits per heavy atom. The van der Waals surface area contributed by atoms with E-state index in [1.807, 2.05) is 25.1 Å². The van der Waals surface area contributed by atoms with Crippen LogP contribution in [0.5, 0.6) is 0 Å². The second-order valence-electron chi connectivity index (χ2n) is 5.29. The summed E-state index contributed by atoms with van der Waals surface area (Å²) >= 11 is 0. The first kappa shape index (κ1) is 13.5. The Morgan fingerprint density at radius 3 is 3.10 bits per heavy atom. The van der Waals surface area contributed by atoms with Crippen molar-refractivity contribution in [1.82, 2.24) is 10.2 Å². The maximum Gasteiger partial charge on any atom is 0.247 e. The fraction of sp³-hybridized carbons (Fsp3) is 0.312. The highest BCUT2D eigenvalue weighted by molar-refractivity contribution is 5.92. The smallest absolute Gasteiger partial charge is 0.247 e. The zero-order chi connectivity index (χ0) is 14.7. The predicted octanol–water partition coefficient (Wildman–Crippen LogP) is 3.34. The van der Waals surface area contributed by atoms with Crippen LogP contribution < -0.4 is 5.32 Å². The number of anilines is 1. The first-order chi connectivity index (χ1) is 10.2. The maximum absolute atomic E-state index is 12.1. The van der Waals surface area contributed by atoms with E-state index in [1.165, 1.54) is 6.39 Å². The van der Waals surface area contributed by atoms with Crippen LogP contribution in [0.2, 0.25) is 0 Å². The molecule has 1 aromatic heterocycles. The highest BCUT2D eigenvalue weighted by atomic mass is 16.4. The standard InChI is InChI=1S/C16H17N3O2/c1-11-6-7-13(16-19-17-10-21-16)9-14(11)18-15(20)8-12-4-2-3-5-12/h2,4,6-7,9-10,12H,3,5,8H2,1H3,(H,18,20)/t12-/m1/s1. The van der Waals surface area contributed by atoms with Gasteiger partial charge in [-0.05, 0) is 43.4 Å². The molecule has 1 atom stereocenters. The lowest BCUT2D eigenvalue weighted by molar-refractivity contribution is -0.116. The number of rotatable bonds is 4. The van der Waals surface area contributed by atoms with Gasteiger partial charge in [-0.15, -0.1) is 10.2 Å². The van der Waals surface area contributed by atoms with Crippen molar-refractivity contribution in [3.8, 4) is 11.5 Å². The van der Waals surface area contributed by atoms with Gasteiger partial charge in [0.05, 0.1) is 0 Å². The summed E-state index contributed by atoms with van der Waals surface area (Å²) in [5.41, 5.74) is 2.60. The Kier molecular flexibility index (Phi) is 3.81. The van der Waals surface area contributed by atoms with E-state index in [4.69, 9.17) is 4.42 Å². The molecule has 5 nitrogen and oxygen atoms in total. The molecule has 5 heteroatoms. The van der Waals surface area contributed by atoms with Gasteiger partial charge in [-0.25, -0.2) is 0 Å². The van der Waals surface area contributed by atoms with Crippen LogP contribution in [0, 0.1) is 12.8 Å². The van der Waals surface area contributed by atoms with Crippen LogP contribution in [-0.2, 0) is 4.79 Å². The van der Waals surface area contributed by atoms with Crippen molar-refractivity contribution in [1.29, 1.82) is 0 Å². The molecular formula is C16H17N3O2. The van der Waals surface area contributed by atoms with Crippen LogP contribution >= 0.6 is 0 Å². The Bertz CT molecular complexity index is 662. The van der Waals surface area contributed by atoms with Crippen LogP contribution in [0.15, 0.2) is 41.2 Å². The normalized spacial score (nSPS) is 17.1. The lowest BCUT2D eigenvalue weighted by Gasteiger charge is -2.11. The van der Waals surface area contributed by atoms with Gasteiger partial charge in [-0.3, -0.25) is 4.79 Å². The number of amides is 1. The Balaban J connectivity index is 1.73. The van der Waals surface area contributed by atoms with Crippen LogP contribution in [0.4, 0.5) is 5.69 Å². The number of carbonyl (C=O) groups excluding carboxylic acids is 1.